The number of fused-ring (bicyclic) bond motifs is 1. The minimum Gasteiger partial charge on any atom is -0.338 e. The molecule has 1 aromatic heterocycles. The highest BCUT2D eigenvalue weighted by Crippen LogP contribution is 2.25. The molecule has 23 heavy (non-hydrogen) atoms. The molecule has 0 aliphatic carbocycles. The molecule has 0 atom stereocenters. The Balaban J connectivity index is 1.93. The zero-order valence-corrected chi connectivity index (χ0v) is 13.6. The number of thiocarbonyl (C=S) groups is 1. The first-order valence-corrected chi connectivity index (χ1v) is 7.58. The predicted octanol–water partition coefficient (Wildman–Crippen LogP) is 3.37. The number of hydrogen-bond donors (Lipinski definition) is 3. The summed E-state index contributed by atoms with van der Waals surface area (Å²) in [5, 5.41) is 5.88. The maximum absolute atomic E-state index is 11.1. The molecule has 0 saturated heterocycles. The number of amides is 1. The van der Waals surface area contributed by atoms with Crippen LogP contribution in [0.5, 0.6) is 0 Å². The van der Waals surface area contributed by atoms with Crippen LogP contribution in [0.1, 0.15) is 12.5 Å². The van der Waals surface area contributed by atoms with Crippen LogP contribution in [0.25, 0.3) is 22.4 Å². The number of aromatic nitrogens is 2. The second-order valence-electron chi connectivity index (χ2n) is 5.27. The fraction of sp³-hybridized carbons (Fsp3) is 0.118. The first-order valence-electron chi connectivity index (χ1n) is 7.17. The van der Waals surface area contributed by atoms with Crippen LogP contribution in [0.4, 0.5) is 5.69 Å². The normalized spacial score (nSPS) is 10.5. The number of carbonyl (C=O) groups is 1. The van der Waals surface area contributed by atoms with E-state index >= 15 is 0 Å². The average molecular weight is 324 g/mol. The second kappa shape index (κ2) is 6.18. The van der Waals surface area contributed by atoms with Crippen molar-refractivity contribution in [3.8, 4) is 11.4 Å². The van der Waals surface area contributed by atoms with Crippen molar-refractivity contribution in [2.45, 2.75) is 13.8 Å². The van der Waals surface area contributed by atoms with E-state index < -0.39 is 0 Å². The van der Waals surface area contributed by atoms with Crippen LogP contribution >= 0.6 is 12.2 Å². The minimum atomic E-state index is -0.200. The minimum absolute atomic E-state index is 0.200. The molecule has 0 fully saturated rings. The summed E-state index contributed by atoms with van der Waals surface area (Å²) < 4.78 is 0. The van der Waals surface area contributed by atoms with Gasteiger partial charge < -0.3 is 15.6 Å². The van der Waals surface area contributed by atoms with Crippen LogP contribution in [0.2, 0.25) is 0 Å². The Kier molecular flexibility index (Phi) is 4.08. The van der Waals surface area contributed by atoms with Gasteiger partial charge in [0.25, 0.3) is 0 Å². The van der Waals surface area contributed by atoms with Gasteiger partial charge >= 0.3 is 0 Å². The van der Waals surface area contributed by atoms with Gasteiger partial charge in [-0.2, -0.15) is 0 Å². The lowest BCUT2D eigenvalue weighted by Crippen LogP contribution is -2.32. The summed E-state index contributed by atoms with van der Waals surface area (Å²) in [6, 6.07) is 13.8. The summed E-state index contributed by atoms with van der Waals surface area (Å²) in [5.41, 5.74) is 4.72. The molecule has 6 heteroatoms. The Labute approximate surface area is 139 Å². The molecular formula is C17H16N4OS. The van der Waals surface area contributed by atoms with Gasteiger partial charge in [-0.1, -0.05) is 24.3 Å². The lowest BCUT2D eigenvalue weighted by atomic mass is 10.1. The van der Waals surface area contributed by atoms with E-state index in [1.54, 1.807) is 0 Å². The number of rotatable bonds is 2. The van der Waals surface area contributed by atoms with Crippen molar-refractivity contribution in [3.05, 3.63) is 48.0 Å². The van der Waals surface area contributed by atoms with E-state index in [0.29, 0.717) is 0 Å². The first-order chi connectivity index (χ1) is 11.0. The topological polar surface area (TPSA) is 69.8 Å². The number of aromatic amines is 1. The second-order valence-corrected chi connectivity index (χ2v) is 5.68. The zero-order valence-electron chi connectivity index (χ0n) is 12.8. The van der Waals surface area contributed by atoms with Crippen LogP contribution in [0.3, 0.4) is 0 Å². The van der Waals surface area contributed by atoms with Gasteiger partial charge in [-0.05, 0) is 42.9 Å². The van der Waals surface area contributed by atoms with Gasteiger partial charge in [0.1, 0.15) is 5.82 Å². The summed E-state index contributed by atoms with van der Waals surface area (Å²) in [7, 11) is 0. The molecule has 0 spiro atoms. The van der Waals surface area contributed by atoms with Crippen LogP contribution in [0.15, 0.2) is 42.5 Å². The van der Waals surface area contributed by atoms with Crippen molar-refractivity contribution >= 4 is 40.0 Å². The van der Waals surface area contributed by atoms with Gasteiger partial charge in [-0.15, -0.1) is 0 Å². The van der Waals surface area contributed by atoms with E-state index in [-0.39, 0.29) is 11.0 Å². The number of carbonyl (C=O) groups excluding carboxylic acids is 1. The third-order valence-corrected chi connectivity index (χ3v) is 3.64. The highest BCUT2D eigenvalue weighted by atomic mass is 32.1. The van der Waals surface area contributed by atoms with Gasteiger partial charge in [-0.3, -0.25) is 4.79 Å². The molecule has 116 valence electrons. The Bertz CT molecular complexity index is 867. The maximum Gasteiger partial charge on any atom is 0.222 e. The Morgan fingerprint density at radius 1 is 1.22 bits per heavy atom. The molecule has 3 rings (SSSR count). The summed E-state index contributed by atoms with van der Waals surface area (Å²) in [6.45, 7) is 3.40. The Hall–Kier alpha value is -2.73. The molecule has 2 aromatic carbocycles. The molecule has 0 unspecified atom stereocenters. The predicted molar refractivity (Wildman–Crippen MR) is 96.3 cm³/mol. The molecular weight excluding hydrogens is 308 g/mol. The van der Waals surface area contributed by atoms with Crippen molar-refractivity contribution in [1.82, 2.24) is 15.3 Å². The monoisotopic (exact) mass is 324 g/mol. The zero-order chi connectivity index (χ0) is 16.4. The molecule has 0 radical (unpaired) electrons. The van der Waals surface area contributed by atoms with Crippen molar-refractivity contribution in [2.75, 3.05) is 5.32 Å². The van der Waals surface area contributed by atoms with Crippen LogP contribution in [-0.2, 0) is 4.79 Å². The number of aryl methyl sites for hydroxylation is 1. The molecule has 0 bridgehead atoms. The first kappa shape index (κ1) is 15.2. The van der Waals surface area contributed by atoms with Crippen LogP contribution in [-0.4, -0.2) is 21.0 Å². The summed E-state index contributed by atoms with van der Waals surface area (Å²) in [6.07, 6.45) is 0. The Morgan fingerprint density at radius 2 is 2.00 bits per heavy atom. The number of para-hydroxylation sites is 2. The summed E-state index contributed by atoms with van der Waals surface area (Å²) in [5.74, 6) is 0.591. The fourth-order valence-corrected chi connectivity index (χ4v) is 2.56. The lowest BCUT2D eigenvalue weighted by molar-refractivity contribution is -0.117. The average Bonchev–Trinajstić information content (AvgIpc) is 2.92. The molecule has 3 aromatic rings. The van der Waals surface area contributed by atoms with Gasteiger partial charge in [0.15, 0.2) is 5.11 Å². The molecule has 3 N–H and O–H groups in total. The van der Waals surface area contributed by atoms with E-state index in [9.17, 15) is 4.79 Å². The molecule has 1 heterocycles. The maximum atomic E-state index is 11.1. The number of anilines is 1. The van der Waals surface area contributed by atoms with Crippen LogP contribution in [0, 0.1) is 6.92 Å². The Morgan fingerprint density at radius 3 is 2.74 bits per heavy atom. The molecule has 0 saturated carbocycles. The fourth-order valence-electron chi connectivity index (χ4n) is 2.31. The van der Waals surface area contributed by atoms with Crippen molar-refractivity contribution in [2.24, 2.45) is 0 Å². The van der Waals surface area contributed by atoms with Gasteiger partial charge in [-0.25, -0.2) is 4.98 Å². The van der Waals surface area contributed by atoms with Crippen LogP contribution < -0.4 is 10.6 Å². The van der Waals surface area contributed by atoms with Crippen molar-refractivity contribution < 1.29 is 4.79 Å². The lowest BCUT2D eigenvalue weighted by Gasteiger charge is -2.11. The molecule has 1 amide bonds. The van der Waals surface area contributed by atoms with Gasteiger partial charge in [0.2, 0.25) is 5.91 Å². The summed E-state index contributed by atoms with van der Waals surface area (Å²) in [4.78, 5) is 19.0. The van der Waals surface area contributed by atoms with Crippen molar-refractivity contribution in [3.63, 3.8) is 0 Å². The van der Waals surface area contributed by atoms with E-state index in [1.807, 2.05) is 49.4 Å². The quantitative estimate of drug-likeness (QED) is 0.632. The summed E-state index contributed by atoms with van der Waals surface area (Å²) >= 11 is 5.12. The number of nitrogens with one attached hydrogen (secondary N) is 3. The number of nitrogens with zero attached hydrogens (tertiary/aromatic N) is 1. The van der Waals surface area contributed by atoms with Gasteiger partial charge in [0.05, 0.1) is 11.0 Å². The van der Waals surface area contributed by atoms with E-state index in [1.165, 1.54) is 6.92 Å². The molecule has 5 nitrogen and oxygen atoms in total. The standard InChI is InChI=1S/C17H16N4OS/c1-10-7-8-12(9-15(10)21-17(23)18-11(2)22)16-19-13-5-3-4-6-14(13)20-16/h3-9H,1-2H3,(H,19,20)(H2,18,21,22,23). The number of hydrogen-bond acceptors (Lipinski definition) is 3. The third kappa shape index (κ3) is 3.37. The van der Waals surface area contributed by atoms with E-state index in [2.05, 4.69) is 20.6 Å². The largest absolute Gasteiger partial charge is 0.338 e. The highest BCUT2D eigenvalue weighted by Gasteiger charge is 2.08. The van der Waals surface area contributed by atoms with E-state index in [0.717, 1.165) is 33.7 Å². The SMILES string of the molecule is CC(=O)NC(=S)Nc1cc(-c2nc3ccccc3[nH]2)ccc1C. The van der Waals surface area contributed by atoms with E-state index in [4.69, 9.17) is 12.2 Å². The van der Waals surface area contributed by atoms with Crippen molar-refractivity contribution in [1.29, 1.82) is 0 Å². The van der Waals surface area contributed by atoms with Gasteiger partial charge in [0, 0.05) is 18.2 Å². The number of H-pyrrole nitrogens is 1. The number of imidazole rings is 1. The molecule has 0 aliphatic rings. The molecule has 0 aliphatic heterocycles. The third-order valence-electron chi connectivity index (χ3n) is 3.44. The highest BCUT2D eigenvalue weighted by molar-refractivity contribution is 7.80. The number of benzene rings is 2. The smallest absolute Gasteiger partial charge is 0.222 e.